The molecule has 3 aromatic rings. The van der Waals surface area contributed by atoms with Crippen LogP contribution in [0.4, 0.5) is 5.69 Å². The molecule has 0 spiro atoms. The minimum absolute atomic E-state index is 0.0147. The van der Waals surface area contributed by atoms with Gasteiger partial charge in [0.1, 0.15) is 6.61 Å². The third-order valence-corrected chi connectivity index (χ3v) is 8.84. The number of aryl methyl sites for hydroxylation is 1. The fourth-order valence-electron chi connectivity index (χ4n) is 5.14. The van der Waals surface area contributed by atoms with Crippen molar-refractivity contribution < 1.29 is 14.3 Å². The molecule has 0 unspecified atom stereocenters. The van der Waals surface area contributed by atoms with Gasteiger partial charge in [-0.05, 0) is 66.9 Å². The molecule has 0 N–H and O–H groups in total. The lowest BCUT2D eigenvalue weighted by molar-refractivity contribution is -0.124. The lowest BCUT2D eigenvalue weighted by atomic mass is 9.94. The van der Waals surface area contributed by atoms with Crippen molar-refractivity contribution in [2.45, 2.75) is 58.1 Å². The minimum atomic E-state index is -0.0147. The van der Waals surface area contributed by atoms with Crippen LogP contribution in [0.25, 0.3) is 6.08 Å². The molecule has 1 amide bonds. The zero-order valence-electron chi connectivity index (χ0n) is 22.7. The number of carbonyl (C=O) groups is 1. The summed E-state index contributed by atoms with van der Waals surface area (Å²) in [6.07, 6.45) is 8.20. The first-order chi connectivity index (χ1) is 19.5. The molecular weight excluding hydrogens is 563 g/mol. The number of benzene rings is 3. The second kappa shape index (κ2) is 13.2. The fourth-order valence-corrected chi connectivity index (χ4v) is 6.64. The summed E-state index contributed by atoms with van der Waals surface area (Å²) in [5, 5.41) is 1.83. The first kappa shape index (κ1) is 28.6. The van der Waals surface area contributed by atoms with E-state index in [0.717, 1.165) is 59.6 Å². The lowest BCUT2D eigenvalue weighted by Crippen LogP contribution is -2.40. The highest BCUT2D eigenvalue weighted by molar-refractivity contribution is 8.18. The molecule has 2 aliphatic rings. The van der Waals surface area contributed by atoms with Gasteiger partial charge >= 0.3 is 0 Å². The highest BCUT2D eigenvalue weighted by Crippen LogP contribution is 2.41. The minimum Gasteiger partial charge on any atom is -0.493 e. The second-order valence-electron chi connectivity index (χ2n) is 9.86. The van der Waals surface area contributed by atoms with Crippen LogP contribution in [0.3, 0.4) is 0 Å². The molecular formula is C32H32Cl2N2O3S. The number of hydrogen-bond acceptors (Lipinski definition) is 5. The van der Waals surface area contributed by atoms with Crippen LogP contribution in [-0.2, 0) is 17.8 Å². The molecule has 5 rings (SSSR count). The highest BCUT2D eigenvalue weighted by Gasteiger charge is 2.39. The van der Waals surface area contributed by atoms with E-state index in [1.807, 2.05) is 53.4 Å². The Kier molecular flexibility index (Phi) is 9.40. The second-order valence-corrected chi connectivity index (χ2v) is 11.7. The van der Waals surface area contributed by atoms with Crippen LogP contribution in [0, 0.1) is 0 Å². The Labute approximate surface area is 250 Å². The Bertz CT molecular complexity index is 1450. The molecule has 1 heterocycles. The number of para-hydroxylation sites is 2. The Hall–Kier alpha value is -2.93. The summed E-state index contributed by atoms with van der Waals surface area (Å²) >= 11 is 13.9. The number of amidine groups is 1. The van der Waals surface area contributed by atoms with E-state index >= 15 is 0 Å². The van der Waals surface area contributed by atoms with Crippen molar-refractivity contribution in [3.63, 3.8) is 0 Å². The van der Waals surface area contributed by atoms with Crippen molar-refractivity contribution in [2.24, 2.45) is 4.99 Å². The van der Waals surface area contributed by atoms with Crippen LogP contribution >= 0.6 is 35.0 Å². The van der Waals surface area contributed by atoms with E-state index in [0.29, 0.717) is 26.4 Å². The molecule has 3 aromatic carbocycles. The van der Waals surface area contributed by atoms with Gasteiger partial charge in [-0.25, -0.2) is 4.99 Å². The smallest absolute Gasteiger partial charge is 0.267 e. The molecule has 0 atom stereocenters. The number of aliphatic imine (C=N–C) groups is 1. The van der Waals surface area contributed by atoms with Gasteiger partial charge in [0, 0.05) is 27.2 Å². The number of carbonyl (C=O) groups excluding carboxylic acids is 1. The average Bonchev–Trinajstić information content (AvgIpc) is 3.27. The Morgan fingerprint density at radius 3 is 2.58 bits per heavy atom. The van der Waals surface area contributed by atoms with Crippen LogP contribution in [0.1, 0.15) is 55.7 Å². The summed E-state index contributed by atoms with van der Waals surface area (Å²) in [5.74, 6) is 1.10. The molecule has 1 aliphatic heterocycles. The summed E-state index contributed by atoms with van der Waals surface area (Å²) < 4.78 is 11.9. The number of amides is 1. The van der Waals surface area contributed by atoms with Crippen LogP contribution in [0.15, 0.2) is 70.6 Å². The molecule has 8 heteroatoms. The highest BCUT2D eigenvalue weighted by atomic mass is 35.5. The summed E-state index contributed by atoms with van der Waals surface area (Å²) in [7, 11) is 1.60. The largest absolute Gasteiger partial charge is 0.493 e. The normalized spacial score (nSPS) is 18.1. The number of methoxy groups -OCH3 is 1. The Morgan fingerprint density at radius 2 is 1.82 bits per heavy atom. The molecule has 40 heavy (non-hydrogen) atoms. The zero-order valence-corrected chi connectivity index (χ0v) is 25.0. The van der Waals surface area contributed by atoms with Gasteiger partial charge in [0.15, 0.2) is 16.7 Å². The number of thioether (sulfide) groups is 1. The zero-order chi connectivity index (χ0) is 28.1. The van der Waals surface area contributed by atoms with Crippen molar-refractivity contribution in [1.82, 2.24) is 4.90 Å². The first-order valence-electron chi connectivity index (χ1n) is 13.6. The van der Waals surface area contributed by atoms with Gasteiger partial charge in [-0.2, -0.15) is 0 Å². The quantitative estimate of drug-likeness (QED) is 0.244. The van der Waals surface area contributed by atoms with Crippen molar-refractivity contribution in [2.75, 3.05) is 7.11 Å². The fraction of sp³-hybridized carbons (Fsp3) is 0.312. The topological polar surface area (TPSA) is 51.1 Å². The van der Waals surface area contributed by atoms with E-state index in [1.165, 1.54) is 18.2 Å². The van der Waals surface area contributed by atoms with Crippen LogP contribution in [0.2, 0.25) is 10.0 Å². The summed E-state index contributed by atoms with van der Waals surface area (Å²) in [6, 6.07) is 19.3. The van der Waals surface area contributed by atoms with Gasteiger partial charge in [-0.3, -0.25) is 9.69 Å². The van der Waals surface area contributed by atoms with Gasteiger partial charge in [0.25, 0.3) is 5.91 Å². The monoisotopic (exact) mass is 594 g/mol. The number of nitrogens with zero attached hydrogens (tertiary/aromatic N) is 2. The van der Waals surface area contributed by atoms with E-state index in [2.05, 4.69) is 13.0 Å². The van der Waals surface area contributed by atoms with E-state index in [9.17, 15) is 4.79 Å². The first-order valence-corrected chi connectivity index (χ1v) is 15.2. The predicted octanol–water partition coefficient (Wildman–Crippen LogP) is 9.08. The molecule has 208 valence electrons. The van der Waals surface area contributed by atoms with Crippen molar-refractivity contribution >= 4 is 57.8 Å². The Balaban J connectivity index is 1.50. The molecule has 0 bridgehead atoms. The molecule has 1 saturated carbocycles. The maximum Gasteiger partial charge on any atom is 0.267 e. The maximum atomic E-state index is 13.9. The molecule has 1 saturated heterocycles. The van der Waals surface area contributed by atoms with Gasteiger partial charge < -0.3 is 9.47 Å². The molecule has 0 aromatic heterocycles. The van der Waals surface area contributed by atoms with Crippen LogP contribution in [0.5, 0.6) is 11.5 Å². The molecule has 0 radical (unpaired) electrons. The van der Waals surface area contributed by atoms with Crippen molar-refractivity contribution in [3.05, 3.63) is 92.3 Å². The van der Waals surface area contributed by atoms with E-state index < -0.39 is 0 Å². The Morgan fingerprint density at radius 1 is 1.02 bits per heavy atom. The predicted molar refractivity (Wildman–Crippen MR) is 166 cm³/mol. The SMILES string of the molecule is CCc1ccccc1N=C1S/C(=C/c2cccc(OC)c2OCc2ccc(Cl)cc2Cl)C(=O)N1C1CCCCC1. The summed E-state index contributed by atoms with van der Waals surface area (Å²) in [6.45, 7) is 2.35. The van der Waals surface area contributed by atoms with Gasteiger partial charge in [0.2, 0.25) is 0 Å². The van der Waals surface area contributed by atoms with Crippen molar-refractivity contribution in [3.8, 4) is 11.5 Å². The molecule has 5 nitrogen and oxygen atoms in total. The number of rotatable bonds is 8. The number of halogens is 2. The van der Waals surface area contributed by atoms with E-state index in [4.69, 9.17) is 37.7 Å². The number of hydrogen-bond donors (Lipinski definition) is 0. The number of ether oxygens (including phenoxy) is 2. The van der Waals surface area contributed by atoms with Crippen molar-refractivity contribution in [1.29, 1.82) is 0 Å². The molecule has 1 aliphatic carbocycles. The van der Waals surface area contributed by atoms with Gasteiger partial charge in [-0.1, -0.05) is 85.8 Å². The summed E-state index contributed by atoms with van der Waals surface area (Å²) in [5.41, 5.74) is 3.62. The summed E-state index contributed by atoms with van der Waals surface area (Å²) in [4.78, 5) is 21.5. The molecule has 2 fully saturated rings. The standard InChI is InChI=1S/C32H32Cl2N2O3S/c1-3-21-10-7-8-14-27(21)35-32-36(25-12-5-4-6-13-25)31(37)29(40-32)18-22-11-9-15-28(38-2)30(22)39-20-23-16-17-24(33)19-26(23)34/h7-11,14-19,25H,3-6,12-13,20H2,1-2H3/b29-18+,35-32?. The lowest BCUT2D eigenvalue weighted by Gasteiger charge is -2.30. The van der Waals surface area contributed by atoms with Gasteiger partial charge in [0.05, 0.1) is 17.7 Å². The van der Waals surface area contributed by atoms with E-state index in [-0.39, 0.29) is 18.6 Å². The third-order valence-electron chi connectivity index (χ3n) is 7.27. The third kappa shape index (κ3) is 6.35. The average molecular weight is 596 g/mol. The van der Waals surface area contributed by atoms with E-state index in [1.54, 1.807) is 19.2 Å². The van der Waals surface area contributed by atoms with Crippen LogP contribution < -0.4 is 9.47 Å². The van der Waals surface area contributed by atoms with Gasteiger partial charge in [-0.15, -0.1) is 0 Å². The maximum absolute atomic E-state index is 13.9. The van der Waals surface area contributed by atoms with Crippen LogP contribution in [-0.4, -0.2) is 29.1 Å².